The molecule has 118 valence electrons. The van der Waals surface area contributed by atoms with E-state index >= 15 is 0 Å². The van der Waals surface area contributed by atoms with Gasteiger partial charge in [0.2, 0.25) is 10.0 Å². The number of sulfonamides is 1. The minimum Gasteiger partial charge on any atom is -0.399 e. The van der Waals surface area contributed by atoms with Crippen molar-refractivity contribution in [3.05, 3.63) is 23.5 Å². The molecule has 1 aliphatic rings. The van der Waals surface area contributed by atoms with Crippen molar-refractivity contribution in [3.63, 3.8) is 0 Å². The lowest BCUT2D eigenvalue weighted by atomic mass is 10.1. The van der Waals surface area contributed by atoms with Gasteiger partial charge in [0.25, 0.3) is 0 Å². The summed E-state index contributed by atoms with van der Waals surface area (Å²) in [4.78, 5) is 2.13. The van der Waals surface area contributed by atoms with Crippen molar-refractivity contribution in [2.24, 2.45) is 5.92 Å². The van der Waals surface area contributed by atoms with E-state index in [9.17, 15) is 12.8 Å². The second-order valence-electron chi connectivity index (χ2n) is 5.83. The Labute approximate surface area is 125 Å². The maximum Gasteiger partial charge on any atom is 0.243 e. The van der Waals surface area contributed by atoms with Crippen LogP contribution in [0.25, 0.3) is 0 Å². The molecule has 2 N–H and O–H groups in total. The van der Waals surface area contributed by atoms with Crippen LogP contribution in [0.15, 0.2) is 17.0 Å². The molecule has 0 bridgehead atoms. The number of halogens is 1. The van der Waals surface area contributed by atoms with Crippen molar-refractivity contribution in [1.29, 1.82) is 0 Å². The molecule has 1 heterocycles. The predicted octanol–water partition coefficient (Wildman–Crippen LogP) is 1.29. The molecule has 1 aliphatic heterocycles. The van der Waals surface area contributed by atoms with E-state index in [1.165, 1.54) is 24.3 Å². The molecule has 1 fully saturated rings. The Morgan fingerprint density at radius 1 is 1.48 bits per heavy atom. The third-order valence-corrected chi connectivity index (χ3v) is 5.96. The van der Waals surface area contributed by atoms with Crippen LogP contribution in [0.5, 0.6) is 0 Å². The standard InChI is InChI=1S/C14H22FN3O2S/c1-10-13(15)6-12(16)7-14(10)21(19,20)18(3)9-11-4-5-17(2)8-11/h6-7,11H,4-5,8-9,16H2,1-3H3. The van der Waals surface area contributed by atoms with E-state index in [1.807, 2.05) is 7.05 Å². The lowest BCUT2D eigenvalue weighted by Gasteiger charge is -2.22. The number of rotatable bonds is 4. The van der Waals surface area contributed by atoms with Crippen molar-refractivity contribution >= 4 is 15.7 Å². The van der Waals surface area contributed by atoms with Crippen LogP contribution in [0.1, 0.15) is 12.0 Å². The molecule has 0 radical (unpaired) electrons. The van der Waals surface area contributed by atoms with Crippen molar-refractivity contribution < 1.29 is 12.8 Å². The first kappa shape index (κ1) is 16.2. The van der Waals surface area contributed by atoms with Gasteiger partial charge in [-0.15, -0.1) is 0 Å². The summed E-state index contributed by atoms with van der Waals surface area (Å²) in [5, 5.41) is 0. The SMILES string of the molecule is Cc1c(F)cc(N)cc1S(=O)(=O)N(C)CC1CCN(C)C1. The molecule has 2 rings (SSSR count). The Morgan fingerprint density at radius 2 is 2.14 bits per heavy atom. The van der Waals surface area contributed by atoms with Crippen molar-refractivity contribution in [3.8, 4) is 0 Å². The molecule has 0 aromatic heterocycles. The summed E-state index contributed by atoms with van der Waals surface area (Å²) in [6, 6.07) is 2.46. The van der Waals surface area contributed by atoms with E-state index < -0.39 is 15.8 Å². The van der Waals surface area contributed by atoms with Crippen LogP contribution in [0.2, 0.25) is 0 Å². The summed E-state index contributed by atoms with van der Waals surface area (Å²) in [5.41, 5.74) is 5.80. The molecule has 0 spiro atoms. The lowest BCUT2D eigenvalue weighted by Crippen LogP contribution is -2.33. The number of nitrogens with zero attached hydrogens (tertiary/aromatic N) is 2. The van der Waals surface area contributed by atoms with Crippen LogP contribution < -0.4 is 5.73 Å². The number of likely N-dealkylation sites (tertiary alicyclic amines) is 1. The molecule has 0 amide bonds. The third-order valence-electron chi connectivity index (χ3n) is 4.01. The molecule has 5 nitrogen and oxygen atoms in total. The largest absolute Gasteiger partial charge is 0.399 e. The smallest absolute Gasteiger partial charge is 0.243 e. The predicted molar refractivity (Wildman–Crippen MR) is 81.0 cm³/mol. The van der Waals surface area contributed by atoms with Crippen molar-refractivity contribution in [1.82, 2.24) is 9.21 Å². The first-order valence-corrected chi connectivity index (χ1v) is 8.36. The molecule has 1 aromatic rings. The number of nitrogens with two attached hydrogens (primary N) is 1. The number of hydrogen-bond acceptors (Lipinski definition) is 4. The Kier molecular flexibility index (Phi) is 4.55. The summed E-state index contributed by atoms with van der Waals surface area (Å²) in [5.74, 6) is -0.288. The highest BCUT2D eigenvalue weighted by molar-refractivity contribution is 7.89. The van der Waals surface area contributed by atoms with Gasteiger partial charge in [-0.2, -0.15) is 0 Å². The number of hydrogen-bond donors (Lipinski definition) is 1. The van der Waals surface area contributed by atoms with Gasteiger partial charge in [-0.3, -0.25) is 0 Å². The van der Waals surface area contributed by atoms with Crippen LogP contribution in [0, 0.1) is 18.7 Å². The highest BCUT2D eigenvalue weighted by Crippen LogP contribution is 2.26. The molecule has 1 saturated heterocycles. The highest BCUT2D eigenvalue weighted by Gasteiger charge is 2.29. The van der Waals surface area contributed by atoms with Gasteiger partial charge in [-0.25, -0.2) is 17.1 Å². The second kappa shape index (κ2) is 5.90. The van der Waals surface area contributed by atoms with E-state index in [-0.39, 0.29) is 16.1 Å². The normalized spacial score (nSPS) is 20.3. The van der Waals surface area contributed by atoms with E-state index in [2.05, 4.69) is 4.90 Å². The van der Waals surface area contributed by atoms with Gasteiger partial charge >= 0.3 is 0 Å². The zero-order valence-corrected chi connectivity index (χ0v) is 13.5. The van der Waals surface area contributed by atoms with Crippen molar-refractivity contribution in [2.75, 3.05) is 39.5 Å². The van der Waals surface area contributed by atoms with Crippen molar-refractivity contribution in [2.45, 2.75) is 18.2 Å². The summed E-state index contributed by atoms with van der Waals surface area (Å²) < 4.78 is 40.3. The van der Waals surface area contributed by atoms with E-state index in [1.54, 1.807) is 0 Å². The number of nitrogen functional groups attached to an aromatic ring is 1. The monoisotopic (exact) mass is 315 g/mol. The molecule has 0 aliphatic carbocycles. The van der Waals surface area contributed by atoms with Gasteiger partial charge in [-0.05, 0) is 45.0 Å². The Bertz CT molecular complexity index is 633. The van der Waals surface area contributed by atoms with Crippen LogP contribution in [-0.2, 0) is 10.0 Å². The highest BCUT2D eigenvalue weighted by atomic mass is 32.2. The van der Waals surface area contributed by atoms with Gasteiger partial charge in [0.1, 0.15) is 5.82 Å². The average Bonchev–Trinajstić information content (AvgIpc) is 2.79. The van der Waals surface area contributed by atoms with Gasteiger partial charge < -0.3 is 10.6 Å². The van der Waals surface area contributed by atoms with Crippen LogP contribution >= 0.6 is 0 Å². The molecular formula is C14H22FN3O2S. The van der Waals surface area contributed by atoms with Crippen LogP contribution in [-0.4, -0.2) is 51.4 Å². The summed E-state index contributed by atoms with van der Waals surface area (Å²) in [7, 11) is -0.169. The fourth-order valence-corrected chi connectivity index (χ4v) is 4.26. The zero-order chi connectivity index (χ0) is 15.8. The fraction of sp³-hybridized carbons (Fsp3) is 0.571. The minimum absolute atomic E-state index is 0.0474. The third kappa shape index (κ3) is 3.36. The Balaban J connectivity index is 2.25. The van der Waals surface area contributed by atoms with Gasteiger partial charge in [-0.1, -0.05) is 0 Å². The maximum absolute atomic E-state index is 13.7. The molecule has 21 heavy (non-hydrogen) atoms. The summed E-state index contributed by atoms with van der Waals surface area (Å²) >= 11 is 0. The van der Waals surface area contributed by atoms with Gasteiger partial charge in [0.05, 0.1) is 4.90 Å². The van der Waals surface area contributed by atoms with E-state index in [0.29, 0.717) is 12.5 Å². The molecule has 7 heteroatoms. The molecular weight excluding hydrogens is 293 g/mol. The first-order valence-electron chi connectivity index (χ1n) is 6.92. The number of benzene rings is 1. The second-order valence-corrected chi connectivity index (χ2v) is 7.84. The topological polar surface area (TPSA) is 66.6 Å². The minimum atomic E-state index is -3.72. The molecule has 1 aromatic carbocycles. The molecule has 1 unspecified atom stereocenters. The Morgan fingerprint density at radius 3 is 2.71 bits per heavy atom. The average molecular weight is 315 g/mol. The lowest BCUT2D eigenvalue weighted by molar-refractivity contribution is 0.356. The quantitative estimate of drug-likeness (QED) is 0.850. The number of anilines is 1. The van der Waals surface area contributed by atoms with Crippen LogP contribution in [0.3, 0.4) is 0 Å². The summed E-state index contributed by atoms with van der Waals surface area (Å²) in [6.45, 7) is 3.75. The zero-order valence-electron chi connectivity index (χ0n) is 12.6. The molecule has 0 saturated carbocycles. The van der Waals surface area contributed by atoms with Crippen LogP contribution in [0.4, 0.5) is 10.1 Å². The first-order chi connectivity index (χ1) is 9.71. The van der Waals surface area contributed by atoms with Gasteiger partial charge in [0.15, 0.2) is 0 Å². The maximum atomic E-state index is 13.7. The molecule has 1 atom stereocenters. The fourth-order valence-electron chi connectivity index (χ4n) is 2.75. The Hall–Kier alpha value is -1.18. The van der Waals surface area contributed by atoms with E-state index in [0.717, 1.165) is 25.6 Å². The van der Waals surface area contributed by atoms with Gasteiger partial charge in [0, 0.05) is 31.4 Å². The van der Waals surface area contributed by atoms with E-state index in [4.69, 9.17) is 5.73 Å². The summed E-state index contributed by atoms with van der Waals surface area (Å²) in [6.07, 6.45) is 0.973.